The Morgan fingerprint density at radius 1 is 1.15 bits per heavy atom. The van der Waals surface area contributed by atoms with Crippen LogP contribution < -0.4 is 11.3 Å². The molecule has 3 nitrogen and oxygen atoms in total. The molecule has 0 saturated heterocycles. The van der Waals surface area contributed by atoms with Gasteiger partial charge in [-0.2, -0.15) is 0 Å². The first kappa shape index (κ1) is 15.5. The van der Waals surface area contributed by atoms with Crippen LogP contribution in [0.25, 0.3) is 0 Å². The van der Waals surface area contributed by atoms with Gasteiger partial charge in [-0.1, -0.05) is 44.2 Å². The third-order valence-corrected chi connectivity index (χ3v) is 4.98. The molecule has 2 rings (SSSR count). The number of rotatable bonds is 5. The molecule has 0 radical (unpaired) electrons. The summed E-state index contributed by atoms with van der Waals surface area (Å²) in [5, 5.41) is 0. The van der Waals surface area contributed by atoms with Crippen molar-refractivity contribution in [2.45, 2.75) is 57.6 Å². The number of benzene rings is 1. The van der Waals surface area contributed by atoms with Crippen LogP contribution in [0.4, 0.5) is 0 Å². The van der Waals surface area contributed by atoms with E-state index in [0.29, 0.717) is 5.41 Å². The van der Waals surface area contributed by atoms with E-state index in [1.807, 2.05) is 13.2 Å². The highest BCUT2D eigenvalue weighted by Gasteiger charge is 2.43. The number of hydrogen-bond donors (Lipinski definition) is 2. The van der Waals surface area contributed by atoms with Crippen molar-refractivity contribution >= 4 is 0 Å². The number of ether oxygens (including phenoxy) is 1. The van der Waals surface area contributed by atoms with Gasteiger partial charge in [0.25, 0.3) is 0 Å². The van der Waals surface area contributed by atoms with Crippen LogP contribution in [0.1, 0.15) is 45.1 Å². The summed E-state index contributed by atoms with van der Waals surface area (Å²) in [6.45, 7) is 4.68. The van der Waals surface area contributed by atoms with Gasteiger partial charge in [-0.05, 0) is 43.1 Å². The predicted molar refractivity (Wildman–Crippen MR) is 83.2 cm³/mol. The summed E-state index contributed by atoms with van der Waals surface area (Å²) in [5.74, 6) is 5.85. The van der Waals surface area contributed by atoms with Crippen LogP contribution >= 0.6 is 0 Å². The SMILES string of the molecule is COC1(C(Cc2ccccc2)NN)CCC(C)(C)CC1. The normalized spacial score (nSPS) is 22.4. The Bertz CT molecular complexity index is 406. The fourth-order valence-electron chi connectivity index (χ4n) is 3.29. The predicted octanol–water partition coefficient (Wildman–Crippen LogP) is 3.05. The summed E-state index contributed by atoms with van der Waals surface area (Å²) in [5.41, 5.74) is 4.60. The zero-order valence-electron chi connectivity index (χ0n) is 13.0. The molecule has 1 unspecified atom stereocenters. The largest absolute Gasteiger partial charge is 0.377 e. The first-order valence-electron chi connectivity index (χ1n) is 7.57. The van der Waals surface area contributed by atoms with E-state index in [-0.39, 0.29) is 11.6 Å². The lowest BCUT2D eigenvalue weighted by Gasteiger charge is -2.47. The Balaban J connectivity index is 2.12. The van der Waals surface area contributed by atoms with Gasteiger partial charge in [0, 0.05) is 7.11 Å². The van der Waals surface area contributed by atoms with Crippen LogP contribution in [0.5, 0.6) is 0 Å². The summed E-state index contributed by atoms with van der Waals surface area (Å²) in [7, 11) is 1.83. The monoisotopic (exact) mass is 276 g/mol. The van der Waals surface area contributed by atoms with Gasteiger partial charge in [0.15, 0.2) is 0 Å². The second-order valence-corrected chi connectivity index (χ2v) is 6.84. The van der Waals surface area contributed by atoms with E-state index in [4.69, 9.17) is 10.6 Å². The van der Waals surface area contributed by atoms with Gasteiger partial charge < -0.3 is 4.74 Å². The highest BCUT2D eigenvalue weighted by Crippen LogP contribution is 2.43. The average molecular weight is 276 g/mol. The van der Waals surface area contributed by atoms with E-state index in [1.54, 1.807) is 0 Å². The molecular weight excluding hydrogens is 248 g/mol. The molecule has 20 heavy (non-hydrogen) atoms. The van der Waals surface area contributed by atoms with Crippen molar-refractivity contribution in [3.05, 3.63) is 35.9 Å². The Morgan fingerprint density at radius 3 is 2.25 bits per heavy atom. The van der Waals surface area contributed by atoms with Crippen LogP contribution in [0.15, 0.2) is 30.3 Å². The molecule has 0 spiro atoms. The van der Waals surface area contributed by atoms with Gasteiger partial charge in [-0.15, -0.1) is 0 Å². The van der Waals surface area contributed by atoms with Gasteiger partial charge in [0.1, 0.15) is 0 Å². The Hall–Kier alpha value is -0.900. The third kappa shape index (κ3) is 3.40. The van der Waals surface area contributed by atoms with Crippen LogP contribution in [-0.4, -0.2) is 18.8 Å². The van der Waals surface area contributed by atoms with E-state index in [1.165, 1.54) is 18.4 Å². The van der Waals surface area contributed by atoms with Crippen LogP contribution in [0.3, 0.4) is 0 Å². The topological polar surface area (TPSA) is 47.3 Å². The first-order chi connectivity index (χ1) is 9.51. The maximum absolute atomic E-state index is 5.95. The van der Waals surface area contributed by atoms with Crippen molar-refractivity contribution in [2.24, 2.45) is 11.3 Å². The summed E-state index contributed by atoms with van der Waals surface area (Å²) >= 11 is 0. The molecule has 0 aromatic heterocycles. The molecule has 3 N–H and O–H groups in total. The summed E-state index contributed by atoms with van der Waals surface area (Å²) in [6, 6.07) is 10.7. The quantitative estimate of drug-likeness (QED) is 0.642. The van der Waals surface area contributed by atoms with Gasteiger partial charge >= 0.3 is 0 Å². The smallest absolute Gasteiger partial charge is 0.0848 e. The maximum Gasteiger partial charge on any atom is 0.0848 e. The fraction of sp³-hybridized carbons (Fsp3) is 0.647. The molecule has 1 atom stereocenters. The summed E-state index contributed by atoms with van der Waals surface area (Å²) in [4.78, 5) is 0. The fourth-order valence-corrected chi connectivity index (χ4v) is 3.29. The lowest BCUT2D eigenvalue weighted by Crippen LogP contribution is -2.57. The van der Waals surface area contributed by atoms with E-state index < -0.39 is 0 Å². The van der Waals surface area contributed by atoms with Crippen molar-refractivity contribution < 1.29 is 4.74 Å². The molecule has 1 aromatic rings. The Morgan fingerprint density at radius 2 is 1.75 bits per heavy atom. The second-order valence-electron chi connectivity index (χ2n) is 6.84. The molecule has 0 bridgehead atoms. The molecule has 0 aliphatic heterocycles. The lowest BCUT2D eigenvalue weighted by molar-refractivity contribution is -0.0862. The van der Waals surface area contributed by atoms with Gasteiger partial charge in [-0.3, -0.25) is 11.3 Å². The summed E-state index contributed by atoms with van der Waals surface area (Å²) < 4.78 is 5.95. The molecule has 1 aromatic carbocycles. The maximum atomic E-state index is 5.95. The minimum Gasteiger partial charge on any atom is -0.377 e. The third-order valence-electron chi connectivity index (χ3n) is 4.98. The first-order valence-corrected chi connectivity index (χ1v) is 7.57. The van der Waals surface area contributed by atoms with Crippen molar-refractivity contribution in [1.82, 2.24) is 5.43 Å². The zero-order chi connectivity index (χ0) is 14.6. The summed E-state index contributed by atoms with van der Waals surface area (Å²) in [6.07, 6.45) is 5.42. The molecule has 112 valence electrons. The van der Waals surface area contributed by atoms with Gasteiger partial charge in [0.2, 0.25) is 0 Å². The molecule has 1 aliphatic carbocycles. The molecule has 0 amide bonds. The van der Waals surface area contributed by atoms with E-state index in [9.17, 15) is 0 Å². The average Bonchev–Trinajstić information content (AvgIpc) is 2.47. The van der Waals surface area contributed by atoms with E-state index in [2.05, 4.69) is 43.5 Å². The number of methoxy groups -OCH3 is 1. The molecule has 1 fully saturated rings. The van der Waals surface area contributed by atoms with Crippen molar-refractivity contribution in [3.8, 4) is 0 Å². The standard InChI is InChI=1S/C17H28N2O/c1-16(2)9-11-17(20-3,12-10-16)15(19-18)13-14-7-5-4-6-8-14/h4-8,15,19H,9-13,18H2,1-3H3. The van der Waals surface area contributed by atoms with Crippen molar-refractivity contribution in [2.75, 3.05) is 7.11 Å². The zero-order valence-corrected chi connectivity index (χ0v) is 13.0. The van der Waals surface area contributed by atoms with Gasteiger partial charge in [0.05, 0.1) is 11.6 Å². The van der Waals surface area contributed by atoms with Gasteiger partial charge in [-0.25, -0.2) is 0 Å². The molecular formula is C17H28N2O. The highest BCUT2D eigenvalue weighted by molar-refractivity contribution is 5.17. The lowest BCUT2D eigenvalue weighted by atomic mass is 9.67. The minimum atomic E-state index is -0.139. The number of nitrogens with one attached hydrogen (secondary N) is 1. The number of hydrazine groups is 1. The van der Waals surface area contributed by atoms with Crippen molar-refractivity contribution in [3.63, 3.8) is 0 Å². The van der Waals surface area contributed by atoms with E-state index in [0.717, 1.165) is 19.3 Å². The number of hydrogen-bond acceptors (Lipinski definition) is 3. The molecule has 1 saturated carbocycles. The van der Waals surface area contributed by atoms with E-state index >= 15 is 0 Å². The second kappa shape index (κ2) is 6.25. The van der Waals surface area contributed by atoms with Crippen LogP contribution in [0, 0.1) is 5.41 Å². The molecule has 1 aliphatic rings. The Kier molecular flexibility index (Phi) is 4.84. The molecule has 0 heterocycles. The molecule has 3 heteroatoms. The minimum absolute atomic E-state index is 0.139. The number of nitrogens with two attached hydrogens (primary N) is 1. The Labute approximate surface area is 122 Å². The van der Waals surface area contributed by atoms with Crippen LogP contribution in [-0.2, 0) is 11.2 Å². The van der Waals surface area contributed by atoms with Crippen LogP contribution in [0.2, 0.25) is 0 Å². The van der Waals surface area contributed by atoms with Crippen molar-refractivity contribution in [1.29, 1.82) is 0 Å². The highest BCUT2D eigenvalue weighted by atomic mass is 16.5.